The number of rotatable bonds is 11. The van der Waals surface area contributed by atoms with Gasteiger partial charge in [0.05, 0.1) is 42.4 Å². The Labute approximate surface area is 243 Å². The second-order valence-electron chi connectivity index (χ2n) is 10.1. The number of sulfonamides is 1. The van der Waals surface area contributed by atoms with E-state index in [0.717, 1.165) is 50.7 Å². The molecule has 1 aromatic carbocycles. The molecule has 1 N–H and O–H groups in total. The van der Waals surface area contributed by atoms with Gasteiger partial charge in [-0.15, -0.1) is 0 Å². The summed E-state index contributed by atoms with van der Waals surface area (Å²) in [4.78, 5) is 13.7. The molecular formula is C29H34F2N6O4S. The Balaban J connectivity index is 1.61. The lowest BCUT2D eigenvalue weighted by molar-refractivity contribution is 0.144. The van der Waals surface area contributed by atoms with E-state index in [1.54, 1.807) is 44.8 Å². The summed E-state index contributed by atoms with van der Waals surface area (Å²) in [5, 5.41) is 0. The van der Waals surface area contributed by atoms with Gasteiger partial charge >= 0.3 is 0 Å². The normalized spacial score (nSPS) is 14.5. The van der Waals surface area contributed by atoms with Gasteiger partial charge in [0.1, 0.15) is 23.1 Å². The molecule has 0 amide bonds. The third-order valence-electron chi connectivity index (χ3n) is 7.25. The van der Waals surface area contributed by atoms with Gasteiger partial charge in [-0.05, 0) is 36.8 Å². The van der Waals surface area contributed by atoms with Crippen LogP contribution in [-0.2, 0) is 14.8 Å². The first-order valence-corrected chi connectivity index (χ1v) is 15.4. The van der Waals surface area contributed by atoms with E-state index in [0.29, 0.717) is 40.9 Å². The van der Waals surface area contributed by atoms with Gasteiger partial charge in [0, 0.05) is 63.4 Å². The maximum atomic E-state index is 15.9. The minimum atomic E-state index is -3.81. The highest BCUT2D eigenvalue weighted by atomic mass is 32.2. The highest BCUT2D eigenvalue weighted by molar-refractivity contribution is 7.92. The van der Waals surface area contributed by atoms with Crippen LogP contribution in [0.15, 0.2) is 48.9 Å². The monoisotopic (exact) mass is 600 g/mol. The van der Waals surface area contributed by atoms with Crippen LogP contribution in [0, 0.1) is 11.6 Å². The molecule has 1 saturated heterocycles. The minimum absolute atomic E-state index is 0.189. The van der Waals surface area contributed by atoms with Crippen LogP contribution in [0.2, 0.25) is 0 Å². The molecule has 4 heterocycles. The van der Waals surface area contributed by atoms with Crippen molar-refractivity contribution in [2.75, 3.05) is 68.9 Å². The van der Waals surface area contributed by atoms with Gasteiger partial charge in [-0.2, -0.15) is 0 Å². The Hall–Kier alpha value is -3.81. The average Bonchev–Trinajstić information content (AvgIpc) is 3.36. The lowest BCUT2D eigenvalue weighted by Crippen LogP contribution is -2.47. The zero-order valence-corrected chi connectivity index (χ0v) is 24.6. The van der Waals surface area contributed by atoms with Gasteiger partial charge in [0.25, 0.3) is 0 Å². The van der Waals surface area contributed by atoms with Crippen LogP contribution in [0.3, 0.4) is 0 Å². The maximum Gasteiger partial charge on any atom is 0.232 e. The van der Waals surface area contributed by atoms with Crippen LogP contribution in [-0.4, -0.2) is 87.2 Å². The highest BCUT2D eigenvalue weighted by Gasteiger charge is 2.24. The molecule has 1 aliphatic heterocycles. The summed E-state index contributed by atoms with van der Waals surface area (Å²) in [6.07, 6.45) is 5.14. The predicted molar refractivity (Wildman–Crippen MR) is 159 cm³/mol. The Bertz CT molecular complexity index is 1670. The Morgan fingerprint density at radius 1 is 1.05 bits per heavy atom. The lowest BCUT2D eigenvalue weighted by Gasteiger charge is -2.35. The number of benzene rings is 1. The van der Waals surface area contributed by atoms with Crippen LogP contribution < -0.4 is 14.4 Å². The third-order valence-corrected chi connectivity index (χ3v) is 8.72. The SMILES string of the molecule is CCCS(=O)(=O)Nc1ccc(F)c(-n2cc(-c3cncc(OC)c3)c3nc(N4CCN(CCOC)CC4)ccc32)c1F. The van der Waals surface area contributed by atoms with Crippen molar-refractivity contribution in [1.29, 1.82) is 0 Å². The van der Waals surface area contributed by atoms with Crippen molar-refractivity contribution in [3.05, 3.63) is 60.6 Å². The molecule has 0 atom stereocenters. The zero-order chi connectivity index (χ0) is 29.9. The Kier molecular flexibility index (Phi) is 8.90. The number of pyridine rings is 2. The summed E-state index contributed by atoms with van der Waals surface area (Å²) >= 11 is 0. The van der Waals surface area contributed by atoms with Gasteiger partial charge in [-0.3, -0.25) is 14.6 Å². The summed E-state index contributed by atoms with van der Waals surface area (Å²) in [6.45, 7) is 6.48. The van der Waals surface area contributed by atoms with Crippen molar-refractivity contribution in [3.63, 3.8) is 0 Å². The number of aromatic nitrogens is 3. The third kappa shape index (κ3) is 6.18. The van der Waals surface area contributed by atoms with Crippen molar-refractivity contribution in [2.45, 2.75) is 13.3 Å². The Morgan fingerprint density at radius 2 is 1.83 bits per heavy atom. The van der Waals surface area contributed by atoms with Gasteiger partial charge in [-0.1, -0.05) is 6.92 Å². The molecule has 1 aliphatic rings. The minimum Gasteiger partial charge on any atom is -0.495 e. The summed E-state index contributed by atoms with van der Waals surface area (Å²) in [7, 11) is -0.586. The number of nitrogens with one attached hydrogen (secondary N) is 1. The van der Waals surface area contributed by atoms with Crippen LogP contribution in [0.4, 0.5) is 20.3 Å². The van der Waals surface area contributed by atoms with E-state index in [1.165, 1.54) is 11.7 Å². The van der Waals surface area contributed by atoms with Crippen molar-refractivity contribution >= 4 is 32.6 Å². The summed E-state index contributed by atoms with van der Waals surface area (Å²) in [6, 6.07) is 7.52. The van der Waals surface area contributed by atoms with E-state index in [9.17, 15) is 8.42 Å². The second-order valence-corrected chi connectivity index (χ2v) is 11.9. The number of fused-ring (bicyclic) bond motifs is 1. The molecule has 0 bridgehead atoms. The molecule has 0 spiro atoms. The number of hydrogen-bond donors (Lipinski definition) is 1. The number of halogens is 2. The van der Waals surface area contributed by atoms with E-state index in [4.69, 9.17) is 14.5 Å². The topological polar surface area (TPSA) is 102 Å². The van der Waals surface area contributed by atoms with Gasteiger partial charge in [0.2, 0.25) is 10.0 Å². The van der Waals surface area contributed by atoms with Crippen LogP contribution >= 0.6 is 0 Å². The molecule has 1 fully saturated rings. The van der Waals surface area contributed by atoms with Crippen LogP contribution in [0.1, 0.15) is 13.3 Å². The second kappa shape index (κ2) is 12.6. The molecule has 42 heavy (non-hydrogen) atoms. The number of piperazine rings is 1. The van der Waals surface area contributed by atoms with E-state index in [1.807, 2.05) is 6.07 Å². The molecule has 0 radical (unpaired) electrons. The first-order chi connectivity index (χ1) is 20.2. The average molecular weight is 601 g/mol. The fourth-order valence-electron chi connectivity index (χ4n) is 5.09. The van der Waals surface area contributed by atoms with Crippen molar-refractivity contribution in [1.82, 2.24) is 19.4 Å². The van der Waals surface area contributed by atoms with Crippen LogP contribution in [0.5, 0.6) is 5.75 Å². The molecule has 3 aromatic heterocycles. The standard InChI is InChI=1S/C29H34F2N6O4S/c1-4-15-42(38,39)34-24-6-5-23(30)29(27(24)31)37-19-22(20-16-21(41-3)18-32-17-20)28-25(37)7-8-26(33-28)36-11-9-35(10-12-36)13-14-40-2/h5-8,16-19,34H,4,9-15H2,1-3H3. The predicted octanol–water partition coefficient (Wildman–Crippen LogP) is 4.29. The number of ether oxygens (including phenoxy) is 2. The van der Waals surface area contributed by atoms with Gasteiger partial charge in [0.15, 0.2) is 5.82 Å². The van der Waals surface area contributed by atoms with Crippen molar-refractivity contribution < 1.29 is 26.7 Å². The molecule has 4 aromatic rings. The number of methoxy groups -OCH3 is 2. The fraction of sp³-hybridized carbons (Fsp3) is 0.379. The molecular weight excluding hydrogens is 566 g/mol. The van der Waals surface area contributed by atoms with Gasteiger partial charge < -0.3 is 18.9 Å². The molecule has 13 heteroatoms. The van der Waals surface area contributed by atoms with Crippen molar-refractivity contribution in [3.8, 4) is 22.6 Å². The summed E-state index contributed by atoms with van der Waals surface area (Å²) < 4.78 is 70.2. The maximum absolute atomic E-state index is 15.9. The van der Waals surface area contributed by atoms with E-state index >= 15 is 8.78 Å². The van der Waals surface area contributed by atoms with E-state index in [2.05, 4.69) is 19.5 Å². The number of nitrogens with zero attached hydrogens (tertiary/aromatic N) is 5. The lowest BCUT2D eigenvalue weighted by atomic mass is 10.1. The molecule has 224 valence electrons. The largest absolute Gasteiger partial charge is 0.495 e. The van der Waals surface area contributed by atoms with Crippen LogP contribution in [0.25, 0.3) is 27.8 Å². The number of hydrogen-bond acceptors (Lipinski definition) is 8. The first-order valence-electron chi connectivity index (χ1n) is 13.7. The Morgan fingerprint density at radius 3 is 2.55 bits per heavy atom. The number of anilines is 2. The van der Waals surface area contributed by atoms with Crippen molar-refractivity contribution in [2.24, 2.45) is 0 Å². The summed E-state index contributed by atoms with van der Waals surface area (Å²) in [5.74, 6) is -0.814. The molecule has 0 saturated carbocycles. The summed E-state index contributed by atoms with van der Waals surface area (Å²) in [5.41, 5.74) is 1.45. The molecule has 0 unspecified atom stereocenters. The molecule has 5 rings (SSSR count). The van der Waals surface area contributed by atoms with Gasteiger partial charge in [-0.25, -0.2) is 22.2 Å². The smallest absolute Gasteiger partial charge is 0.232 e. The van der Waals surface area contributed by atoms with E-state index in [-0.39, 0.29) is 11.4 Å². The molecule has 10 nitrogen and oxygen atoms in total. The molecule has 0 aliphatic carbocycles. The van der Waals surface area contributed by atoms with E-state index < -0.39 is 27.3 Å². The first kappa shape index (κ1) is 29.7. The highest BCUT2D eigenvalue weighted by Crippen LogP contribution is 2.36. The quantitative estimate of drug-likeness (QED) is 0.272. The fourth-order valence-corrected chi connectivity index (χ4v) is 6.23. The zero-order valence-electron chi connectivity index (χ0n) is 23.8.